The molecule has 1 fully saturated rings. The Labute approximate surface area is 40.9 Å². The maximum absolute atomic E-state index is 2.71. The van der Waals surface area contributed by atoms with E-state index < -0.39 is 0 Å². The molecule has 0 N–H and O–H groups in total. The van der Waals surface area contributed by atoms with Gasteiger partial charge >= 0.3 is 0 Å². The second-order valence-electron chi connectivity index (χ2n) is 1.80. The summed E-state index contributed by atoms with van der Waals surface area (Å²) in [7, 11) is 2.71. The van der Waals surface area contributed by atoms with Gasteiger partial charge in [-0.25, -0.2) is 0 Å². The van der Waals surface area contributed by atoms with Crippen molar-refractivity contribution in [1.29, 1.82) is 0 Å². The second-order valence-corrected chi connectivity index (χ2v) is 2.17. The van der Waals surface area contributed by atoms with E-state index in [0.717, 1.165) is 12.3 Å². The van der Waals surface area contributed by atoms with Crippen LogP contribution < -0.4 is 0 Å². The maximum atomic E-state index is 2.71. The highest BCUT2D eigenvalue weighted by Gasteiger charge is 2.25. The lowest BCUT2D eigenvalue weighted by Crippen LogP contribution is -1.91. The summed E-state index contributed by atoms with van der Waals surface area (Å²) in [6, 6.07) is 0.877. The van der Waals surface area contributed by atoms with Crippen LogP contribution in [0.1, 0.15) is 6.92 Å². The minimum Gasteiger partial charge on any atom is -0.294 e. The van der Waals surface area contributed by atoms with E-state index in [2.05, 4.69) is 21.1 Å². The fourth-order valence-electron chi connectivity index (χ4n) is 0.547. The molecule has 1 rings (SSSR count). The van der Waals surface area contributed by atoms with Crippen molar-refractivity contribution in [2.75, 3.05) is 12.8 Å². The second kappa shape index (κ2) is 1.48. The Morgan fingerprint density at radius 1 is 2.00 bits per heavy atom. The molecule has 0 spiro atoms. The van der Waals surface area contributed by atoms with Crippen LogP contribution in [0.4, 0.5) is 0 Å². The molecule has 0 bridgehead atoms. The van der Waals surface area contributed by atoms with Gasteiger partial charge in [0.05, 0.1) is 0 Å². The summed E-state index contributed by atoms with van der Waals surface area (Å²) < 4.78 is 0. The standard InChI is InChI=1S/C4H10NP/c1-4-2-5(4)3-6/h4H,2-3,6H2,1H3/t4-,5?/m0/s1. The Kier molecular flexibility index (Phi) is 1.12. The molecule has 2 unspecified atom stereocenters. The summed E-state index contributed by atoms with van der Waals surface area (Å²) in [4.78, 5) is 2.38. The van der Waals surface area contributed by atoms with E-state index in [0.29, 0.717) is 0 Å². The topological polar surface area (TPSA) is 3.01 Å². The third-order valence-corrected chi connectivity index (χ3v) is 1.69. The van der Waals surface area contributed by atoms with Gasteiger partial charge in [-0.2, -0.15) is 0 Å². The van der Waals surface area contributed by atoms with Gasteiger partial charge in [0.1, 0.15) is 0 Å². The molecule has 0 radical (unpaired) electrons. The molecule has 1 aliphatic heterocycles. The summed E-state index contributed by atoms with van der Waals surface area (Å²) in [5.74, 6) is 0. The van der Waals surface area contributed by atoms with E-state index >= 15 is 0 Å². The molecule has 1 nitrogen and oxygen atoms in total. The van der Waals surface area contributed by atoms with Crippen LogP contribution in [-0.4, -0.2) is 23.8 Å². The van der Waals surface area contributed by atoms with Crippen LogP contribution in [-0.2, 0) is 0 Å². The summed E-state index contributed by atoms with van der Waals surface area (Å²) in [5.41, 5.74) is 0. The molecule has 6 heavy (non-hydrogen) atoms. The van der Waals surface area contributed by atoms with Crippen LogP contribution in [0, 0.1) is 0 Å². The zero-order chi connectivity index (χ0) is 4.57. The molecule has 0 amide bonds. The first-order valence-corrected chi connectivity index (χ1v) is 3.10. The van der Waals surface area contributed by atoms with E-state index in [4.69, 9.17) is 0 Å². The van der Waals surface area contributed by atoms with Gasteiger partial charge in [0.2, 0.25) is 0 Å². The Morgan fingerprint density at radius 2 is 2.50 bits per heavy atom. The largest absolute Gasteiger partial charge is 0.294 e. The van der Waals surface area contributed by atoms with Gasteiger partial charge in [-0.05, 0) is 6.92 Å². The molecule has 1 saturated heterocycles. The average Bonchev–Trinajstić information content (AvgIpc) is 2.19. The minimum atomic E-state index is 0.877. The van der Waals surface area contributed by atoms with E-state index in [9.17, 15) is 0 Å². The summed E-state index contributed by atoms with van der Waals surface area (Å²) >= 11 is 0. The molecular formula is C4H10NP. The van der Waals surface area contributed by atoms with Crippen LogP contribution in [0.5, 0.6) is 0 Å². The van der Waals surface area contributed by atoms with Crippen LogP contribution in [0.25, 0.3) is 0 Å². The zero-order valence-corrected chi connectivity index (χ0v) is 5.17. The van der Waals surface area contributed by atoms with Gasteiger partial charge in [0.25, 0.3) is 0 Å². The predicted octanol–water partition coefficient (Wildman–Crippen LogP) is 0.523. The van der Waals surface area contributed by atoms with Crippen LogP contribution in [0.3, 0.4) is 0 Å². The van der Waals surface area contributed by atoms with Gasteiger partial charge in [-0.15, -0.1) is 9.24 Å². The third kappa shape index (κ3) is 0.717. The zero-order valence-electron chi connectivity index (χ0n) is 4.02. The monoisotopic (exact) mass is 103 g/mol. The van der Waals surface area contributed by atoms with Gasteiger partial charge in [0, 0.05) is 18.9 Å². The Bertz CT molecular complexity index is 53.5. The normalized spacial score (nSPS) is 43.0. The number of hydrogen-bond donors (Lipinski definition) is 0. The van der Waals surface area contributed by atoms with Crippen molar-refractivity contribution in [3.05, 3.63) is 0 Å². The van der Waals surface area contributed by atoms with E-state index in [1.807, 2.05) is 0 Å². The van der Waals surface area contributed by atoms with Crippen molar-refractivity contribution >= 4 is 9.24 Å². The molecular weight excluding hydrogens is 93.0 g/mol. The molecule has 0 aliphatic carbocycles. The first-order chi connectivity index (χ1) is 2.84. The predicted molar refractivity (Wildman–Crippen MR) is 30.7 cm³/mol. The van der Waals surface area contributed by atoms with Crippen molar-refractivity contribution in [2.24, 2.45) is 0 Å². The first kappa shape index (κ1) is 4.55. The summed E-state index contributed by atoms with van der Waals surface area (Å²) in [6.07, 6.45) is 1.15. The molecule has 3 atom stereocenters. The minimum absolute atomic E-state index is 0.877. The summed E-state index contributed by atoms with van der Waals surface area (Å²) in [5, 5.41) is 0. The molecule has 1 aliphatic rings. The molecule has 0 aromatic heterocycles. The first-order valence-electron chi connectivity index (χ1n) is 2.28. The molecule has 36 valence electrons. The van der Waals surface area contributed by atoms with Crippen molar-refractivity contribution in [2.45, 2.75) is 13.0 Å². The highest BCUT2D eigenvalue weighted by atomic mass is 31.0. The Balaban J connectivity index is 2.09. The maximum Gasteiger partial charge on any atom is 0.0199 e. The Morgan fingerprint density at radius 3 is 2.50 bits per heavy atom. The smallest absolute Gasteiger partial charge is 0.0199 e. The van der Waals surface area contributed by atoms with Crippen molar-refractivity contribution in [3.63, 3.8) is 0 Å². The van der Waals surface area contributed by atoms with Crippen molar-refractivity contribution in [1.82, 2.24) is 4.90 Å². The van der Waals surface area contributed by atoms with Gasteiger partial charge < -0.3 is 0 Å². The highest BCUT2D eigenvalue weighted by Crippen LogP contribution is 2.15. The average molecular weight is 103 g/mol. The molecule has 0 aromatic rings. The fourth-order valence-corrected chi connectivity index (χ4v) is 1.06. The number of nitrogens with zero attached hydrogens (tertiary/aromatic N) is 1. The fraction of sp³-hybridized carbons (Fsp3) is 1.00. The van der Waals surface area contributed by atoms with E-state index in [-0.39, 0.29) is 0 Å². The SMILES string of the molecule is C[C@H]1CN1CP. The van der Waals surface area contributed by atoms with Crippen molar-refractivity contribution < 1.29 is 0 Å². The quantitative estimate of drug-likeness (QED) is 0.345. The van der Waals surface area contributed by atoms with Gasteiger partial charge in [-0.1, -0.05) is 0 Å². The molecule has 2 heteroatoms. The van der Waals surface area contributed by atoms with E-state index in [1.165, 1.54) is 6.54 Å². The lowest BCUT2D eigenvalue weighted by atomic mass is 10.6. The van der Waals surface area contributed by atoms with Crippen molar-refractivity contribution in [3.8, 4) is 0 Å². The van der Waals surface area contributed by atoms with Crippen LogP contribution in [0.15, 0.2) is 0 Å². The van der Waals surface area contributed by atoms with Gasteiger partial charge in [0.15, 0.2) is 0 Å². The Hall–Kier alpha value is 0.390. The molecule has 0 aromatic carbocycles. The lowest BCUT2D eigenvalue weighted by molar-refractivity contribution is 0.614. The third-order valence-electron chi connectivity index (χ3n) is 1.22. The van der Waals surface area contributed by atoms with Crippen LogP contribution >= 0.6 is 9.24 Å². The number of hydrogen-bond acceptors (Lipinski definition) is 1. The number of rotatable bonds is 1. The summed E-state index contributed by atoms with van der Waals surface area (Å²) in [6.45, 7) is 3.55. The molecule has 1 heterocycles. The van der Waals surface area contributed by atoms with Gasteiger partial charge in [-0.3, -0.25) is 4.90 Å². The highest BCUT2D eigenvalue weighted by molar-refractivity contribution is 7.16. The lowest BCUT2D eigenvalue weighted by Gasteiger charge is -1.86. The van der Waals surface area contributed by atoms with Crippen LogP contribution in [0.2, 0.25) is 0 Å². The molecule has 0 saturated carbocycles. The van der Waals surface area contributed by atoms with E-state index in [1.54, 1.807) is 0 Å².